The minimum Gasteiger partial charge on any atom is -0.481 e. The van der Waals surface area contributed by atoms with Crippen molar-refractivity contribution in [3.63, 3.8) is 0 Å². The average Bonchev–Trinajstić information content (AvgIpc) is 2.72. The zero-order valence-corrected chi connectivity index (χ0v) is 12.0. The number of halogens is 1. The minimum absolute atomic E-state index is 0.317. The molecule has 0 aliphatic heterocycles. The molecule has 1 aromatic carbocycles. The van der Waals surface area contributed by atoms with Crippen molar-refractivity contribution in [2.75, 3.05) is 0 Å². The average molecular weight is 278 g/mol. The van der Waals surface area contributed by atoms with Crippen molar-refractivity contribution in [2.24, 2.45) is 12.5 Å². The molecule has 20 heavy (non-hydrogen) atoms. The monoisotopic (exact) mass is 278 g/mol. The zero-order valence-electron chi connectivity index (χ0n) is 12.0. The second kappa shape index (κ2) is 5.23. The van der Waals surface area contributed by atoms with Crippen LogP contribution in [0.15, 0.2) is 18.2 Å². The van der Waals surface area contributed by atoms with Gasteiger partial charge in [0.2, 0.25) is 0 Å². The Morgan fingerprint density at radius 1 is 1.40 bits per heavy atom. The number of carboxylic acid groups (broad SMARTS) is 1. The van der Waals surface area contributed by atoms with E-state index in [2.05, 4.69) is 4.98 Å². The maximum atomic E-state index is 13.3. The van der Waals surface area contributed by atoms with E-state index in [9.17, 15) is 14.3 Å². The van der Waals surface area contributed by atoms with Gasteiger partial charge in [0.1, 0.15) is 11.6 Å². The number of hydrogen-bond acceptors (Lipinski definition) is 2. The van der Waals surface area contributed by atoms with E-state index in [0.717, 1.165) is 0 Å². The van der Waals surface area contributed by atoms with Crippen LogP contribution in [0.25, 0.3) is 11.0 Å². The number of hydrogen-bond donors (Lipinski definition) is 1. The molecule has 108 valence electrons. The van der Waals surface area contributed by atoms with E-state index in [1.54, 1.807) is 17.7 Å². The summed E-state index contributed by atoms with van der Waals surface area (Å²) in [4.78, 5) is 16.0. The number of fused-ring (bicyclic) bond motifs is 1. The van der Waals surface area contributed by atoms with Gasteiger partial charge in [-0.1, -0.05) is 13.8 Å². The van der Waals surface area contributed by atoms with Crippen molar-refractivity contribution >= 4 is 17.0 Å². The number of carbonyl (C=O) groups is 1. The summed E-state index contributed by atoms with van der Waals surface area (Å²) in [5, 5.41) is 9.50. The Bertz CT molecular complexity index is 645. The van der Waals surface area contributed by atoms with Gasteiger partial charge >= 0.3 is 5.97 Å². The fraction of sp³-hybridized carbons (Fsp3) is 0.467. The number of benzene rings is 1. The molecule has 0 bridgehead atoms. The summed E-state index contributed by atoms with van der Waals surface area (Å²) < 4.78 is 15.1. The Kier molecular flexibility index (Phi) is 3.79. The van der Waals surface area contributed by atoms with Gasteiger partial charge in [-0.3, -0.25) is 4.79 Å². The van der Waals surface area contributed by atoms with E-state index in [4.69, 9.17) is 0 Å². The van der Waals surface area contributed by atoms with E-state index in [-0.39, 0.29) is 5.82 Å². The summed E-state index contributed by atoms with van der Waals surface area (Å²) in [7, 11) is 1.79. The zero-order chi connectivity index (χ0) is 14.9. The van der Waals surface area contributed by atoms with Gasteiger partial charge in [-0.25, -0.2) is 9.37 Å². The maximum Gasteiger partial charge on any atom is 0.310 e. The molecule has 0 amide bonds. The van der Waals surface area contributed by atoms with Gasteiger partial charge in [-0.05, 0) is 31.0 Å². The van der Waals surface area contributed by atoms with Crippen LogP contribution < -0.4 is 0 Å². The third kappa shape index (κ3) is 2.28. The van der Waals surface area contributed by atoms with Gasteiger partial charge in [0.05, 0.1) is 16.4 Å². The molecule has 1 N–H and O–H groups in total. The maximum absolute atomic E-state index is 13.3. The van der Waals surface area contributed by atoms with Crippen LogP contribution >= 0.6 is 0 Å². The highest BCUT2D eigenvalue weighted by Gasteiger charge is 2.36. The first kappa shape index (κ1) is 14.5. The van der Waals surface area contributed by atoms with Crippen LogP contribution in [0.2, 0.25) is 0 Å². The SMILES string of the molecule is CCC(CC)(Cc1nc2ccc(F)cc2n1C)C(=O)O. The summed E-state index contributed by atoms with van der Waals surface area (Å²) in [6.45, 7) is 3.75. The Labute approximate surface area is 117 Å². The van der Waals surface area contributed by atoms with Gasteiger partial charge < -0.3 is 9.67 Å². The fourth-order valence-electron chi connectivity index (χ4n) is 2.55. The lowest BCUT2D eigenvalue weighted by molar-refractivity contribution is -0.149. The van der Waals surface area contributed by atoms with Gasteiger partial charge in [-0.2, -0.15) is 0 Å². The van der Waals surface area contributed by atoms with Gasteiger partial charge in [-0.15, -0.1) is 0 Å². The normalized spacial score (nSPS) is 12.0. The molecule has 0 unspecified atom stereocenters. The molecular formula is C15H19FN2O2. The molecule has 1 heterocycles. The van der Waals surface area contributed by atoms with Crippen LogP contribution in [-0.2, 0) is 18.3 Å². The highest BCUT2D eigenvalue weighted by molar-refractivity contribution is 5.77. The Morgan fingerprint density at radius 3 is 2.60 bits per heavy atom. The van der Waals surface area contributed by atoms with Crippen molar-refractivity contribution < 1.29 is 14.3 Å². The van der Waals surface area contributed by atoms with Crippen molar-refractivity contribution in [3.8, 4) is 0 Å². The molecule has 2 rings (SSSR count). The third-order valence-electron chi connectivity index (χ3n) is 4.24. The summed E-state index contributed by atoms with van der Waals surface area (Å²) in [6, 6.07) is 4.41. The lowest BCUT2D eigenvalue weighted by Gasteiger charge is -2.26. The van der Waals surface area contributed by atoms with E-state index >= 15 is 0 Å². The fourth-order valence-corrected chi connectivity index (χ4v) is 2.55. The van der Waals surface area contributed by atoms with Gasteiger partial charge in [0.15, 0.2) is 0 Å². The molecular weight excluding hydrogens is 259 g/mol. The van der Waals surface area contributed by atoms with Crippen molar-refractivity contribution in [1.29, 1.82) is 0 Å². The van der Waals surface area contributed by atoms with Crippen LogP contribution in [0.3, 0.4) is 0 Å². The first-order chi connectivity index (χ1) is 9.43. The number of aryl methyl sites for hydroxylation is 1. The number of rotatable bonds is 5. The summed E-state index contributed by atoms with van der Waals surface area (Å²) in [5.74, 6) is -0.444. The van der Waals surface area contributed by atoms with Crippen molar-refractivity contribution in [2.45, 2.75) is 33.1 Å². The second-order valence-corrected chi connectivity index (χ2v) is 5.19. The van der Waals surface area contributed by atoms with Crippen LogP contribution in [0.5, 0.6) is 0 Å². The Morgan fingerprint density at radius 2 is 2.05 bits per heavy atom. The molecule has 4 nitrogen and oxygen atoms in total. The molecule has 0 saturated heterocycles. The summed E-state index contributed by atoms with van der Waals surface area (Å²) in [5.41, 5.74) is 0.565. The van der Waals surface area contributed by atoms with Crippen LogP contribution in [0.1, 0.15) is 32.5 Å². The predicted molar refractivity (Wildman–Crippen MR) is 75.0 cm³/mol. The van der Waals surface area contributed by atoms with E-state index in [0.29, 0.717) is 36.1 Å². The van der Waals surface area contributed by atoms with E-state index in [1.807, 2.05) is 13.8 Å². The molecule has 0 spiro atoms. The van der Waals surface area contributed by atoms with Gasteiger partial charge in [0, 0.05) is 13.5 Å². The minimum atomic E-state index is -0.812. The molecule has 0 saturated carbocycles. The lowest BCUT2D eigenvalue weighted by Crippen LogP contribution is -2.33. The third-order valence-corrected chi connectivity index (χ3v) is 4.24. The Balaban J connectivity index is 2.48. The quantitative estimate of drug-likeness (QED) is 0.914. The highest BCUT2D eigenvalue weighted by atomic mass is 19.1. The molecule has 1 aromatic heterocycles. The second-order valence-electron chi connectivity index (χ2n) is 5.19. The largest absolute Gasteiger partial charge is 0.481 e. The summed E-state index contributed by atoms with van der Waals surface area (Å²) in [6.07, 6.45) is 1.43. The lowest BCUT2D eigenvalue weighted by atomic mass is 9.79. The topological polar surface area (TPSA) is 55.1 Å². The van der Waals surface area contributed by atoms with E-state index in [1.165, 1.54) is 12.1 Å². The molecule has 2 aromatic rings. The van der Waals surface area contributed by atoms with E-state index < -0.39 is 11.4 Å². The number of aromatic nitrogens is 2. The molecule has 0 aliphatic carbocycles. The molecule has 0 fully saturated rings. The number of nitrogens with zero attached hydrogens (tertiary/aromatic N) is 2. The first-order valence-electron chi connectivity index (χ1n) is 6.77. The molecule has 0 aliphatic rings. The number of aliphatic carboxylic acids is 1. The van der Waals surface area contributed by atoms with Crippen LogP contribution in [0.4, 0.5) is 4.39 Å². The number of imidazole rings is 1. The van der Waals surface area contributed by atoms with Crippen LogP contribution in [-0.4, -0.2) is 20.6 Å². The molecule has 0 radical (unpaired) electrons. The van der Waals surface area contributed by atoms with Crippen molar-refractivity contribution in [1.82, 2.24) is 9.55 Å². The van der Waals surface area contributed by atoms with Crippen LogP contribution in [0, 0.1) is 11.2 Å². The molecule has 0 atom stereocenters. The summed E-state index contributed by atoms with van der Waals surface area (Å²) >= 11 is 0. The first-order valence-corrected chi connectivity index (χ1v) is 6.77. The molecule has 5 heteroatoms. The smallest absolute Gasteiger partial charge is 0.310 e. The Hall–Kier alpha value is -1.91. The standard InChI is InChI=1S/C15H19FN2O2/c1-4-15(5-2,14(19)20)9-13-17-11-7-6-10(16)8-12(11)18(13)3/h6-8H,4-5,9H2,1-3H3,(H,19,20). The predicted octanol–water partition coefficient (Wildman–Crippen LogP) is 3.15. The van der Waals surface area contributed by atoms with Gasteiger partial charge in [0.25, 0.3) is 0 Å². The van der Waals surface area contributed by atoms with Crippen molar-refractivity contribution in [3.05, 3.63) is 29.8 Å². The number of carboxylic acids is 1. The highest BCUT2D eigenvalue weighted by Crippen LogP contribution is 2.32.